The van der Waals surface area contributed by atoms with Crippen LogP contribution in [0.3, 0.4) is 0 Å². The van der Waals surface area contributed by atoms with Gasteiger partial charge in [0.25, 0.3) is 0 Å². The Bertz CT molecular complexity index is 337. The van der Waals surface area contributed by atoms with Crippen molar-refractivity contribution in [1.82, 2.24) is 4.90 Å². The minimum atomic E-state index is 0.424. The maximum Gasteiger partial charge on any atom is 0.0999 e. The van der Waals surface area contributed by atoms with Crippen LogP contribution in [-0.2, 0) is 0 Å². The van der Waals surface area contributed by atoms with Crippen molar-refractivity contribution in [3.05, 3.63) is 11.3 Å². The zero-order valence-corrected chi connectivity index (χ0v) is 13.1. The molecule has 0 radical (unpaired) electrons. The van der Waals surface area contributed by atoms with Crippen LogP contribution >= 0.6 is 0 Å². The third-order valence-electron chi connectivity index (χ3n) is 3.91. The van der Waals surface area contributed by atoms with Gasteiger partial charge in [-0.2, -0.15) is 0 Å². The van der Waals surface area contributed by atoms with Crippen molar-refractivity contribution < 1.29 is 0 Å². The number of amidine groups is 1. The van der Waals surface area contributed by atoms with Crippen LogP contribution in [0, 0.1) is 16.7 Å². The molecular formula is C16H30N2. The molecule has 0 amide bonds. The van der Waals surface area contributed by atoms with Crippen LogP contribution < -0.4 is 0 Å². The van der Waals surface area contributed by atoms with Crippen LogP contribution in [0.5, 0.6) is 0 Å². The van der Waals surface area contributed by atoms with E-state index in [-0.39, 0.29) is 0 Å². The highest BCUT2D eigenvalue weighted by atomic mass is 15.1. The van der Waals surface area contributed by atoms with Crippen molar-refractivity contribution in [3.8, 4) is 0 Å². The van der Waals surface area contributed by atoms with Crippen molar-refractivity contribution in [2.75, 3.05) is 7.05 Å². The summed E-state index contributed by atoms with van der Waals surface area (Å²) in [4.78, 5) is 2.14. The number of rotatable bonds is 3. The largest absolute Gasteiger partial charge is 0.337 e. The zero-order valence-electron chi connectivity index (χ0n) is 13.1. The van der Waals surface area contributed by atoms with Gasteiger partial charge >= 0.3 is 0 Å². The first-order chi connectivity index (χ1) is 8.23. The molecule has 0 heterocycles. The standard InChI is InChI=1S/C16H30N2/c1-12(2)10-15(17)18(6)14-8-7-9-16(4,5)11-13(14)3/h12,17H,7-11H2,1-6H3. The van der Waals surface area contributed by atoms with Crippen molar-refractivity contribution in [1.29, 1.82) is 5.41 Å². The summed E-state index contributed by atoms with van der Waals surface area (Å²) in [5.74, 6) is 1.32. The molecule has 0 bridgehead atoms. The molecule has 18 heavy (non-hydrogen) atoms. The first-order valence-corrected chi connectivity index (χ1v) is 7.23. The fourth-order valence-electron chi connectivity index (χ4n) is 3.00. The van der Waals surface area contributed by atoms with Crippen molar-refractivity contribution in [2.45, 2.75) is 66.7 Å². The quantitative estimate of drug-likeness (QED) is 0.564. The summed E-state index contributed by atoms with van der Waals surface area (Å²) in [6.45, 7) is 11.3. The van der Waals surface area contributed by atoms with Gasteiger partial charge in [-0.1, -0.05) is 33.3 Å². The molecule has 0 spiro atoms. The minimum Gasteiger partial charge on any atom is -0.337 e. The average molecular weight is 250 g/mol. The van der Waals surface area contributed by atoms with Crippen LogP contribution in [0.15, 0.2) is 11.3 Å². The normalized spacial score (nSPS) is 19.9. The molecule has 0 aromatic heterocycles. The van der Waals surface area contributed by atoms with Crippen LogP contribution in [-0.4, -0.2) is 17.8 Å². The Morgan fingerprint density at radius 1 is 1.39 bits per heavy atom. The molecule has 0 fully saturated rings. The topological polar surface area (TPSA) is 27.1 Å². The van der Waals surface area contributed by atoms with Gasteiger partial charge in [0.15, 0.2) is 0 Å². The lowest BCUT2D eigenvalue weighted by atomic mass is 9.83. The van der Waals surface area contributed by atoms with Crippen molar-refractivity contribution >= 4 is 5.84 Å². The van der Waals surface area contributed by atoms with Crippen LogP contribution in [0.25, 0.3) is 0 Å². The number of hydrogen-bond acceptors (Lipinski definition) is 1. The second kappa shape index (κ2) is 5.90. The summed E-state index contributed by atoms with van der Waals surface area (Å²) in [6, 6.07) is 0. The van der Waals surface area contributed by atoms with E-state index in [0.29, 0.717) is 11.3 Å². The third kappa shape index (κ3) is 4.15. The summed E-state index contributed by atoms with van der Waals surface area (Å²) in [5.41, 5.74) is 3.30. The van der Waals surface area contributed by atoms with E-state index < -0.39 is 0 Å². The van der Waals surface area contributed by atoms with E-state index in [4.69, 9.17) is 5.41 Å². The Hall–Kier alpha value is -0.790. The van der Waals surface area contributed by atoms with Gasteiger partial charge in [0.2, 0.25) is 0 Å². The fourth-order valence-corrected chi connectivity index (χ4v) is 3.00. The molecule has 0 atom stereocenters. The number of nitrogens with one attached hydrogen (secondary N) is 1. The SMILES string of the molecule is CC1=C(N(C)C(=N)CC(C)C)CCCC(C)(C)C1. The highest BCUT2D eigenvalue weighted by molar-refractivity contribution is 5.80. The number of hydrogen-bond donors (Lipinski definition) is 1. The van der Waals surface area contributed by atoms with Crippen molar-refractivity contribution in [2.24, 2.45) is 11.3 Å². The highest BCUT2D eigenvalue weighted by Gasteiger charge is 2.25. The molecule has 0 aromatic carbocycles. The molecule has 104 valence electrons. The van der Waals surface area contributed by atoms with E-state index >= 15 is 0 Å². The van der Waals surface area contributed by atoms with E-state index in [0.717, 1.165) is 18.7 Å². The molecular weight excluding hydrogens is 220 g/mol. The molecule has 2 heteroatoms. The van der Waals surface area contributed by atoms with Gasteiger partial charge in [0, 0.05) is 19.2 Å². The van der Waals surface area contributed by atoms with Gasteiger partial charge in [-0.15, -0.1) is 0 Å². The lowest BCUT2D eigenvalue weighted by Crippen LogP contribution is -2.27. The summed E-state index contributed by atoms with van der Waals surface area (Å²) in [6.07, 6.45) is 5.71. The second-order valence-electron chi connectivity index (χ2n) is 7.03. The number of allylic oxidation sites excluding steroid dienone is 2. The zero-order chi connectivity index (χ0) is 13.9. The Morgan fingerprint density at radius 2 is 2.00 bits per heavy atom. The molecule has 0 unspecified atom stereocenters. The predicted molar refractivity (Wildman–Crippen MR) is 79.9 cm³/mol. The van der Waals surface area contributed by atoms with E-state index in [2.05, 4.69) is 46.6 Å². The number of nitrogens with zero attached hydrogens (tertiary/aromatic N) is 1. The molecule has 1 rings (SSSR count). The fraction of sp³-hybridized carbons (Fsp3) is 0.812. The molecule has 0 saturated heterocycles. The van der Waals surface area contributed by atoms with E-state index in [1.54, 1.807) is 0 Å². The van der Waals surface area contributed by atoms with Crippen molar-refractivity contribution in [3.63, 3.8) is 0 Å². The highest BCUT2D eigenvalue weighted by Crippen LogP contribution is 2.37. The van der Waals surface area contributed by atoms with E-state index in [1.165, 1.54) is 30.5 Å². The molecule has 0 aromatic rings. The Labute approximate surface area is 113 Å². The summed E-state index contributed by atoms with van der Waals surface area (Å²) < 4.78 is 0. The monoisotopic (exact) mass is 250 g/mol. The van der Waals surface area contributed by atoms with Gasteiger partial charge in [-0.25, -0.2) is 0 Å². The minimum absolute atomic E-state index is 0.424. The lowest BCUT2D eigenvalue weighted by molar-refractivity contribution is 0.331. The van der Waals surface area contributed by atoms with Gasteiger partial charge in [-0.05, 0) is 43.9 Å². The summed E-state index contributed by atoms with van der Waals surface area (Å²) in [5, 5.41) is 8.21. The maximum absolute atomic E-state index is 8.21. The molecule has 1 N–H and O–H groups in total. The summed E-state index contributed by atoms with van der Waals surface area (Å²) >= 11 is 0. The maximum atomic E-state index is 8.21. The Balaban J connectivity index is 2.83. The third-order valence-corrected chi connectivity index (χ3v) is 3.91. The van der Waals surface area contributed by atoms with Gasteiger partial charge in [0.05, 0.1) is 5.84 Å². The second-order valence-corrected chi connectivity index (χ2v) is 7.03. The van der Waals surface area contributed by atoms with E-state index in [9.17, 15) is 0 Å². The first kappa shape index (κ1) is 15.3. The van der Waals surface area contributed by atoms with Crippen LogP contribution in [0.4, 0.5) is 0 Å². The molecule has 1 aliphatic carbocycles. The van der Waals surface area contributed by atoms with Crippen LogP contribution in [0.1, 0.15) is 66.7 Å². The lowest BCUT2D eigenvalue weighted by Gasteiger charge is -2.26. The Kier molecular flexibility index (Phi) is 5.01. The predicted octanol–water partition coefficient (Wildman–Crippen LogP) is 4.82. The molecule has 0 aliphatic heterocycles. The molecule has 2 nitrogen and oxygen atoms in total. The van der Waals surface area contributed by atoms with Gasteiger partial charge in [0.1, 0.15) is 0 Å². The van der Waals surface area contributed by atoms with E-state index in [1.807, 2.05) is 0 Å². The molecule has 1 aliphatic rings. The smallest absolute Gasteiger partial charge is 0.0999 e. The van der Waals surface area contributed by atoms with Gasteiger partial charge < -0.3 is 4.90 Å². The Morgan fingerprint density at radius 3 is 2.56 bits per heavy atom. The molecule has 0 saturated carbocycles. The van der Waals surface area contributed by atoms with Crippen LogP contribution in [0.2, 0.25) is 0 Å². The van der Waals surface area contributed by atoms with Gasteiger partial charge in [-0.3, -0.25) is 5.41 Å². The first-order valence-electron chi connectivity index (χ1n) is 7.23. The average Bonchev–Trinajstić information content (AvgIpc) is 2.33. The summed E-state index contributed by atoms with van der Waals surface area (Å²) in [7, 11) is 2.07.